The zero-order chi connectivity index (χ0) is 20.8. The molecule has 2 aromatic carbocycles. The first kappa shape index (κ1) is 18.9. The highest BCUT2D eigenvalue weighted by Crippen LogP contribution is 2.52. The molecule has 150 valence electrons. The number of rotatable bonds is 4. The number of amides is 2. The van der Waals surface area contributed by atoms with E-state index >= 15 is 0 Å². The molecule has 3 aliphatic rings. The van der Waals surface area contributed by atoms with Crippen molar-refractivity contribution in [1.29, 1.82) is 0 Å². The van der Waals surface area contributed by atoms with E-state index in [1.165, 1.54) is 6.21 Å². The average Bonchev–Trinajstić information content (AvgIpc) is 3.43. The Morgan fingerprint density at radius 2 is 1.70 bits per heavy atom. The molecule has 0 N–H and O–H groups in total. The van der Waals surface area contributed by atoms with Crippen LogP contribution in [-0.2, 0) is 9.59 Å². The standard InChI is InChI=1S/C23H17BrN2O4/c24-17-8-9-18(30-23(29)13-4-2-1-3-5-13)16(11-17)12-25-26-21(27)19-14-6-7-15(10-14)20(19)22(26)28/h1-9,11-12,14-15,19-20H,10H2. The molecule has 1 aliphatic heterocycles. The molecule has 4 atom stereocenters. The molecule has 1 saturated carbocycles. The van der Waals surface area contributed by atoms with Crippen LogP contribution < -0.4 is 4.74 Å². The number of carbonyl (C=O) groups is 3. The number of hydrogen-bond donors (Lipinski definition) is 0. The predicted octanol–water partition coefficient (Wildman–Crippen LogP) is 3.81. The molecule has 2 aromatic rings. The van der Waals surface area contributed by atoms with Gasteiger partial charge in [-0.25, -0.2) is 4.79 Å². The van der Waals surface area contributed by atoms with Crippen LogP contribution >= 0.6 is 15.9 Å². The van der Waals surface area contributed by atoms with Crippen molar-refractivity contribution in [3.8, 4) is 5.75 Å². The maximum Gasteiger partial charge on any atom is 0.343 e. The van der Waals surface area contributed by atoms with Crippen molar-refractivity contribution in [1.82, 2.24) is 5.01 Å². The molecule has 30 heavy (non-hydrogen) atoms. The van der Waals surface area contributed by atoms with Gasteiger partial charge in [0.25, 0.3) is 11.8 Å². The summed E-state index contributed by atoms with van der Waals surface area (Å²) in [6, 6.07) is 13.7. The number of ether oxygens (including phenoxy) is 1. The highest BCUT2D eigenvalue weighted by atomic mass is 79.9. The van der Waals surface area contributed by atoms with Crippen molar-refractivity contribution < 1.29 is 19.1 Å². The Morgan fingerprint density at radius 3 is 2.37 bits per heavy atom. The van der Waals surface area contributed by atoms with Gasteiger partial charge in [-0.15, -0.1) is 0 Å². The van der Waals surface area contributed by atoms with Gasteiger partial charge in [0.2, 0.25) is 0 Å². The SMILES string of the molecule is O=C(Oc1ccc(Br)cc1C=NN1C(=O)C2C3C=CC(C3)C2C1=O)c1ccccc1. The second kappa shape index (κ2) is 7.32. The third kappa shape index (κ3) is 3.10. The molecule has 2 amide bonds. The molecule has 1 heterocycles. The molecule has 7 heteroatoms. The van der Waals surface area contributed by atoms with Crippen LogP contribution in [0.15, 0.2) is 70.3 Å². The minimum absolute atomic E-state index is 0.130. The molecule has 2 bridgehead atoms. The number of hydrazone groups is 1. The van der Waals surface area contributed by atoms with E-state index in [9.17, 15) is 14.4 Å². The lowest BCUT2D eigenvalue weighted by molar-refractivity contribution is -0.140. The number of benzene rings is 2. The van der Waals surface area contributed by atoms with Crippen molar-refractivity contribution in [2.75, 3.05) is 0 Å². The molecule has 2 fully saturated rings. The zero-order valence-corrected chi connectivity index (χ0v) is 17.4. The Balaban J connectivity index is 1.39. The lowest BCUT2D eigenvalue weighted by atomic mass is 9.85. The van der Waals surface area contributed by atoms with E-state index in [2.05, 4.69) is 21.0 Å². The maximum atomic E-state index is 12.8. The number of carbonyl (C=O) groups excluding carboxylic acids is 3. The Morgan fingerprint density at radius 1 is 1.03 bits per heavy atom. The van der Waals surface area contributed by atoms with Gasteiger partial charge in [-0.05, 0) is 48.6 Å². The fourth-order valence-electron chi connectivity index (χ4n) is 4.57. The van der Waals surface area contributed by atoms with Crippen molar-refractivity contribution in [3.63, 3.8) is 0 Å². The van der Waals surface area contributed by atoms with E-state index in [-0.39, 0.29) is 41.2 Å². The van der Waals surface area contributed by atoms with Crippen LogP contribution in [0, 0.1) is 23.7 Å². The van der Waals surface area contributed by atoms with Crippen molar-refractivity contribution >= 4 is 39.9 Å². The second-order valence-corrected chi connectivity index (χ2v) is 8.59. The Bertz CT molecular complexity index is 1080. The molecule has 5 rings (SSSR count). The first-order valence-electron chi connectivity index (χ1n) is 9.70. The summed E-state index contributed by atoms with van der Waals surface area (Å²) in [5.74, 6) is -1.07. The first-order chi connectivity index (χ1) is 14.5. The van der Waals surface area contributed by atoms with Gasteiger partial charge in [0.15, 0.2) is 0 Å². The molecule has 2 aliphatic carbocycles. The molecular weight excluding hydrogens is 448 g/mol. The Labute approximate surface area is 181 Å². The molecule has 0 spiro atoms. The molecule has 6 nitrogen and oxygen atoms in total. The first-order valence-corrected chi connectivity index (χ1v) is 10.5. The van der Waals surface area contributed by atoms with Gasteiger partial charge >= 0.3 is 5.97 Å². The summed E-state index contributed by atoms with van der Waals surface area (Å²) in [7, 11) is 0. The lowest BCUT2D eigenvalue weighted by Crippen LogP contribution is -2.28. The molecule has 4 unspecified atom stereocenters. The van der Waals surface area contributed by atoms with Crippen LogP contribution in [-0.4, -0.2) is 29.0 Å². The topological polar surface area (TPSA) is 76.0 Å². The normalized spacial score (nSPS) is 26.6. The van der Waals surface area contributed by atoms with Crippen LogP contribution in [0.25, 0.3) is 0 Å². The van der Waals surface area contributed by atoms with E-state index in [4.69, 9.17) is 4.74 Å². The monoisotopic (exact) mass is 464 g/mol. The van der Waals surface area contributed by atoms with Crippen LogP contribution in [0.3, 0.4) is 0 Å². The van der Waals surface area contributed by atoms with Gasteiger partial charge in [0, 0.05) is 10.0 Å². The van der Waals surface area contributed by atoms with E-state index in [0.717, 1.165) is 15.9 Å². The third-order valence-corrected chi connectivity index (χ3v) is 6.44. The van der Waals surface area contributed by atoms with Gasteiger partial charge in [0.05, 0.1) is 23.6 Å². The van der Waals surface area contributed by atoms with Crippen molar-refractivity contribution in [2.45, 2.75) is 6.42 Å². The number of imide groups is 1. The number of hydrogen-bond acceptors (Lipinski definition) is 5. The molecule has 1 saturated heterocycles. The van der Waals surface area contributed by atoms with Crippen LogP contribution in [0.1, 0.15) is 22.3 Å². The van der Waals surface area contributed by atoms with Gasteiger partial charge in [-0.3, -0.25) is 9.59 Å². The smallest absolute Gasteiger partial charge is 0.343 e. The van der Waals surface area contributed by atoms with E-state index in [0.29, 0.717) is 11.1 Å². The van der Waals surface area contributed by atoms with Gasteiger partial charge in [0.1, 0.15) is 5.75 Å². The summed E-state index contributed by atoms with van der Waals surface area (Å²) in [4.78, 5) is 38.0. The number of allylic oxidation sites excluding steroid dienone is 2. The van der Waals surface area contributed by atoms with Crippen molar-refractivity contribution in [2.24, 2.45) is 28.8 Å². The largest absolute Gasteiger partial charge is 0.422 e. The number of esters is 1. The van der Waals surface area contributed by atoms with E-state index < -0.39 is 5.97 Å². The van der Waals surface area contributed by atoms with Gasteiger partial charge in [-0.2, -0.15) is 10.1 Å². The summed E-state index contributed by atoms with van der Waals surface area (Å²) >= 11 is 3.39. The highest BCUT2D eigenvalue weighted by molar-refractivity contribution is 9.10. The Hall–Kier alpha value is -3.06. The second-order valence-electron chi connectivity index (χ2n) is 7.67. The average molecular weight is 465 g/mol. The van der Waals surface area contributed by atoms with Crippen LogP contribution in [0.5, 0.6) is 5.75 Å². The summed E-state index contributed by atoms with van der Waals surface area (Å²) in [5, 5.41) is 5.16. The van der Waals surface area contributed by atoms with Crippen LogP contribution in [0.2, 0.25) is 0 Å². The predicted molar refractivity (Wildman–Crippen MR) is 113 cm³/mol. The number of halogens is 1. The molecule has 0 aromatic heterocycles. The summed E-state index contributed by atoms with van der Waals surface area (Å²) in [6.45, 7) is 0. The quantitative estimate of drug-likeness (QED) is 0.226. The minimum Gasteiger partial charge on any atom is -0.422 e. The summed E-state index contributed by atoms with van der Waals surface area (Å²) in [5.41, 5.74) is 0.899. The lowest BCUT2D eigenvalue weighted by Gasteiger charge is -2.13. The zero-order valence-electron chi connectivity index (χ0n) is 15.8. The molecular formula is C23H17BrN2O4. The van der Waals surface area contributed by atoms with E-state index in [1.54, 1.807) is 42.5 Å². The summed E-state index contributed by atoms with van der Waals surface area (Å²) in [6.07, 6.45) is 6.35. The maximum absolute atomic E-state index is 12.8. The fraction of sp³-hybridized carbons (Fsp3) is 0.217. The third-order valence-electron chi connectivity index (χ3n) is 5.94. The minimum atomic E-state index is -0.502. The van der Waals surface area contributed by atoms with Crippen LogP contribution in [0.4, 0.5) is 0 Å². The van der Waals surface area contributed by atoms with Gasteiger partial charge < -0.3 is 4.74 Å². The fourth-order valence-corrected chi connectivity index (χ4v) is 4.95. The van der Waals surface area contributed by atoms with E-state index in [1.807, 2.05) is 18.2 Å². The van der Waals surface area contributed by atoms with Crippen molar-refractivity contribution in [3.05, 3.63) is 76.3 Å². The highest BCUT2D eigenvalue weighted by Gasteiger charge is 2.59. The van der Waals surface area contributed by atoms with Gasteiger partial charge in [-0.1, -0.05) is 46.3 Å². The summed E-state index contributed by atoms with van der Waals surface area (Å²) < 4.78 is 6.28. The number of nitrogens with zero attached hydrogens (tertiary/aromatic N) is 2. The number of fused-ring (bicyclic) bond motifs is 5. The molecule has 0 radical (unpaired) electrons. The Kier molecular flexibility index (Phi) is 4.62.